The molecule has 1 aromatic rings. The SMILES string of the molecule is CC(C)[C@H](C)NC(=O)COc1ccc(Cl)cc1C(N)=O. The molecule has 0 saturated carbocycles. The molecule has 3 N–H and O–H groups in total. The molecule has 0 saturated heterocycles. The minimum Gasteiger partial charge on any atom is -0.483 e. The molecular weight excluding hydrogens is 280 g/mol. The topological polar surface area (TPSA) is 81.4 Å². The first-order valence-corrected chi connectivity index (χ1v) is 6.70. The highest BCUT2D eigenvalue weighted by Crippen LogP contribution is 2.22. The van der Waals surface area contributed by atoms with Crippen molar-refractivity contribution in [3.05, 3.63) is 28.8 Å². The smallest absolute Gasteiger partial charge is 0.258 e. The van der Waals surface area contributed by atoms with Crippen molar-refractivity contribution in [2.75, 3.05) is 6.61 Å². The summed E-state index contributed by atoms with van der Waals surface area (Å²) < 4.78 is 5.32. The van der Waals surface area contributed by atoms with Crippen molar-refractivity contribution in [2.24, 2.45) is 11.7 Å². The van der Waals surface area contributed by atoms with Gasteiger partial charge in [0.15, 0.2) is 6.61 Å². The monoisotopic (exact) mass is 298 g/mol. The van der Waals surface area contributed by atoms with Gasteiger partial charge in [-0.25, -0.2) is 0 Å². The predicted octanol–water partition coefficient (Wildman–Crippen LogP) is 1.98. The molecule has 20 heavy (non-hydrogen) atoms. The molecule has 0 heterocycles. The number of hydrogen-bond donors (Lipinski definition) is 2. The third-order valence-corrected chi connectivity index (χ3v) is 3.19. The van der Waals surface area contributed by atoms with Gasteiger partial charge in [0.1, 0.15) is 5.75 Å². The van der Waals surface area contributed by atoms with Gasteiger partial charge in [0, 0.05) is 11.1 Å². The molecule has 110 valence electrons. The molecule has 0 radical (unpaired) electrons. The molecule has 0 aliphatic carbocycles. The molecule has 1 aromatic carbocycles. The van der Waals surface area contributed by atoms with Gasteiger partial charge < -0.3 is 15.8 Å². The second-order valence-electron chi connectivity index (χ2n) is 4.89. The first-order valence-electron chi connectivity index (χ1n) is 6.32. The van der Waals surface area contributed by atoms with Crippen LogP contribution >= 0.6 is 11.6 Å². The van der Waals surface area contributed by atoms with Gasteiger partial charge in [0.2, 0.25) is 0 Å². The molecule has 0 unspecified atom stereocenters. The number of amides is 2. The van der Waals surface area contributed by atoms with Gasteiger partial charge in [-0.3, -0.25) is 9.59 Å². The lowest BCUT2D eigenvalue weighted by atomic mass is 10.1. The van der Waals surface area contributed by atoms with Crippen molar-refractivity contribution in [3.8, 4) is 5.75 Å². The van der Waals surface area contributed by atoms with E-state index in [2.05, 4.69) is 5.32 Å². The number of nitrogens with one attached hydrogen (secondary N) is 1. The van der Waals surface area contributed by atoms with E-state index < -0.39 is 5.91 Å². The van der Waals surface area contributed by atoms with Crippen molar-refractivity contribution in [2.45, 2.75) is 26.8 Å². The van der Waals surface area contributed by atoms with E-state index in [0.29, 0.717) is 10.9 Å². The lowest BCUT2D eigenvalue weighted by molar-refractivity contribution is -0.124. The second-order valence-corrected chi connectivity index (χ2v) is 5.33. The Morgan fingerprint density at radius 3 is 2.55 bits per heavy atom. The summed E-state index contributed by atoms with van der Waals surface area (Å²) in [7, 11) is 0. The maximum Gasteiger partial charge on any atom is 0.258 e. The first-order chi connectivity index (χ1) is 9.31. The molecule has 0 aliphatic rings. The summed E-state index contributed by atoms with van der Waals surface area (Å²) in [5, 5.41) is 3.18. The maximum absolute atomic E-state index is 11.7. The van der Waals surface area contributed by atoms with E-state index in [4.69, 9.17) is 22.1 Å². The van der Waals surface area contributed by atoms with E-state index >= 15 is 0 Å². The molecule has 1 atom stereocenters. The van der Waals surface area contributed by atoms with Crippen LogP contribution in [0.5, 0.6) is 5.75 Å². The number of primary amides is 1. The van der Waals surface area contributed by atoms with Crippen LogP contribution in [0.1, 0.15) is 31.1 Å². The van der Waals surface area contributed by atoms with Crippen molar-refractivity contribution >= 4 is 23.4 Å². The summed E-state index contributed by atoms with van der Waals surface area (Å²) in [6.07, 6.45) is 0. The fourth-order valence-corrected chi connectivity index (χ4v) is 1.60. The Balaban J connectivity index is 2.66. The molecule has 0 spiro atoms. The van der Waals surface area contributed by atoms with E-state index in [1.807, 2.05) is 20.8 Å². The fraction of sp³-hybridized carbons (Fsp3) is 0.429. The molecule has 0 aliphatic heterocycles. The standard InChI is InChI=1S/C14H19ClN2O3/c1-8(2)9(3)17-13(18)7-20-12-5-4-10(15)6-11(12)14(16)19/h4-6,8-9H,7H2,1-3H3,(H2,16,19)(H,17,18)/t9-/m0/s1. The van der Waals surface area contributed by atoms with Crippen LogP contribution in [0.4, 0.5) is 0 Å². The molecule has 6 heteroatoms. The summed E-state index contributed by atoms with van der Waals surface area (Å²) in [6.45, 7) is 5.76. The van der Waals surface area contributed by atoms with Gasteiger partial charge in [0.05, 0.1) is 5.56 Å². The molecule has 2 amide bonds. The summed E-state index contributed by atoms with van der Waals surface area (Å²) in [5.74, 6) is -0.333. The van der Waals surface area contributed by atoms with Crippen molar-refractivity contribution in [1.29, 1.82) is 0 Å². The molecule has 0 aromatic heterocycles. The van der Waals surface area contributed by atoms with E-state index in [-0.39, 0.29) is 29.9 Å². The van der Waals surface area contributed by atoms with E-state index in [9.17, 15) is 9.59 Å². The highest BCUT2D eigenvalue weighted by molar-refractivity contribution is 6.31. The number of nitrogens with two attached hydrogens (primary N) is 1. The second kappa shape index (κ2) is 7.14. The van der Waals surface area contributed by atoms with Gasteiger partial charge >= 0.3 is 0 Å². The Hall–Kier alpha value is -1.75. The van der Waals surface area contributed by atoms with E-state index in [1.54, 1.807) is 6.07 Å². The average molecular weight is 299 g/mol. The quantitative estimate of drug-likeness (QED) is 0.842. The fourth-order valence-electron chi connectivity index (χ4n) is 1.43. The minimum atomic E-state index is -0.654. The van der Waals surface area contributed by atoms with Gasteiger partial charge in [-0.2, -0.15) is 0 Å². The van der Waals surface area contributed by atoms with E-state index in [1.165, 1.54) is 12.1 Å². The lowest BCUT2D eigenvalue weighted by Crippen LogP contribution is -2.39. The van der Waals surface area contributed by atoms with Crippen molar-refractivity contribution < 1.29 is 14.3 Å². The van der Waals surface area contributed by atoms with Crippen LogP contribution in [-0.2, 0) is 4.79 Å². The van der Waals surface area contributed by atoms with Gasteiger partial charge in [0.25, 0.3) is 11.8 Å². The maximum atomic E-state index is 11.7. The molecule has 5 nitrogen and oxygen atoms in total. The van der Waals surface area contributed by atoms with Crippen LogP contribution in [0.3, 0.4) is 0 Å². The summed E-state index contributed by atoms with van der Waals surface area (Å²) in [6, 6.07) is 4.54. The van der Waals surface area contributed by atoms with Crippen molar-refractivity contribution in [1.82, 2.24) is 5.32 Å². The van der Waals surface area contributed by atoms with Crippen LogP contribution in [0.15, 0.2) is 18.2 Å². The van der Waals surface area contributed by atoms with Gasteiger partial charge in [-0.1, -0.05) is 25.4 Å². The number of carbonyl (C=O) groups excluding carboxylic acids is 2. The predicted molar refractivity (Wildman–Crippen MR) is 77.9 cm³/mol. The Morgan fingerprint density at radius 1 is 1.35 bits per heavy atom. The van der Waals surface area contributed by atoms with Crippen LogP contribution in [0.2, 0.25) is 5.02 Å². The number of ether oxygens (including phenoxy) is 1. The van der Waals surface area contributed by atoms with Crippen LogP contribution < -0.4 is 15.8 Å². The lowest BCUT2D eigenvalue weighted by Gasteiger charge is -2.17. The van der Waals surface area contributed by atoms with Gasteiger partial charge in [-0.05, 0) is 31.0 Å². The van der Waals surface area contributed by atoms with Crippen LogP contribution in [-0.4, -0.2) is 24.5 Å². The van der Waals surface area contributed by atoms with Gasteiger partial charge in [-0.15, -0.1) is 0 Å². The Labute approximate surface area is 123 Å². The zero-order chi connectivity index (χ0) is 15.3. The Kier molecular flexibility index (Phi) is 5.82. The zero-order valence-electron chi connectivity index (χ0n) is 11.8. The molecule has 1 rings (SSSR count). The average Bonchev–Trinajstić information content (AvgIpc) is 2.36. The third kappa shape index (κ3) is 4.74. The number of hydrogen-bond acceptors (Lipinski definition) is 3. The Bertz CT molecular complexity index is 503. The van der Waals surface area contributed by atoms with Crippen LogP contribution in [0, 0.1) is 5.92 Å². The number of benzene rings is 1. The first kappa shape index (κ1) is 16.3. The largest absolute Gasteiger partial charge is 0.483 e. The summed E-state index contributed by atoms with van der Waals surface area (Å²) in [5.41, 5.74) is 5.39. The van der Waals surface area contributed by atoms with Crippen LogP contribution in [0.25, 0.3) is 0 Å². The molecular formula is C14H19ClN2O3. The van der Waals surface area contributed by atoms with E-state index in [0.717, 1.165) is 0 Å². The Morgan fingerprint density at radius 2 is 2.00 bits per heavy atom. The minimum absolute atomic E-state index is 0.0481. The third-order valence-electron chi connectivity index (χ3n) is 2.95. The number of halogens is 1. The summed E-state index contributed by atoms with van der Waals surface area (Å²) >= 11 is 5.78. The zero-order valence-corrected chi connectivity index (χ0v) is 12.5. The number of rotatable bonds is 6. The highest BCUT2D eigenvalue weighted by atomic mass is 35.5. The normalized spacial score (nSPS) is 12.1. The molecule has 0 bridgehead atoms. The highest BCUT2D eigenvalue weighted by Gasteiger charge is 2.14. The van der Waals surface area contributed by atoms with Crippen molar-refractivity contribution in [3.63, 3.8) is 0 Å². The summed E-state index contributed by atoms with van der Waals surface area (Å²) in [4.78, 5) is 23.0. The molecule has 0 fully saturated rings. The number of carbonyl (C=O) groups is 2.